The van der Waals surface area contributed by atoms with E-state index in [2.05, 4.69) is 5.10 Å². The molecule has 0 aliphatic carbocycles. The van der Waals surface area contributed by atoms with Gasteiger partial charge in [-0.05, 0) is 18.2 Å². The van der Waals surface area contributed by atoms with Crippen LogP contribution >= 0.6 is 0 Å². The molecule has 0 spiro atoms. The van der Waals surface area contributed by atoms with Crippen LogP contribution in [0.25, 0.3) is 11.1 Å². The van der Waals surface area contributed by atoms with Gasteiger partial charge in [0.1, 0.15) is 11.5 Å². The van der Waals surface area contributed by atoms with Crippen molar-refractivity contribution < 1.29 is 9.53 Å². The average molecular weight is 335 g/mol. The lowest BCUT2D eigenvalue weighted by Gasteiger charge is -2.10. The van der Waals surface area contributed by atoms with Crippen LogP contribution in [0.2, 0.25) is 0 Å². The Bertz CT molecular complexity index is 841. The Morgan fingerprint density at radius 2 is 1.80 bits per heavy atom. The molecule has 0 N–H and O–H groups in total. The number of aromatic nitrogens is 2. The topological polar surface area (TPSA) is 47.4 Å². The number of nitrogens with zero attached hydrogens (tertiary/aromatic N) is 3. The smallest absolute Gasteiger partial charge is 0.223 e. The average Bonchev–Trinajstić information content (AvgIpc) is 3.09. The first-order valence-corrected chi connectivity index (χ1v) is 8.18. The largest absolute Gasteiger partial charge is 0.457 e. The van der Waals surface area contributed by atoms with Gasteiger partial charge in [-0.25, -0.2) is 0 Å². The van der Waals surface area contributed by atoms with E-state index in [-0.39, 0.29) is 5.91 Å². The van der Waals surface area contributed by atoms with Gasteiger partial charge in [0, 0.05) is 44.4 Å². The maximum atomic E-state index is 11.7. The van der Waals surface area contributed by atoms with E-state index >= 15 is 0 Å². The van der Waals surface area contributed by atoms with Crippen molar-refractivity contribution in [1.29, 1.82) is 0 Å². The number of hydrogen-bond acceptors (Lipinski definition) is 3. The van der Waals surface area contributed by atoms with Crippen molar-refractivity contribution in [2.45, 2.75) is 13.0 Å². The summed E-state index contributed by atoms with van der Waals surface area (Å²) in [4.78, 5) is 13.3. The predicted molar refractivity (Wildman–Crippen MR) is 97.5 cm³/mol. The summed E-state index contributed by atoms with van der Waals surface area (Å²) in [6.45, 7) is 0.554. The molecule has 0 aliphatic heterocycles. The lowest BCUT2D eigenvalue weighted by molar-refractivity contribution is -0.128. The Kier molecular flexibility index (Phi) is 5.14. The third-order valence-electron chi connectivity index (χ3n) is 3.86. The Labute approximate surface area is 147 Å². The highest BCUT2D eigenvalue weighted by molar-refractivity contribution is 5.75. The summed E-state index contributed by atoms with van der Waals surface area (Å²) in [5.74, 6) is 1.65. The van der Waals surface area contributed by atoms with Crippen LogP contribution in [-0.2, 0) is 11.3 Å². The molecule has 0 radical (unpaired) electrons. The lowest BCUT2D eigenvalue weighted by atomic mass is 10.1. The Morgan fingerprint density at radius 3 is 2.56 bits per heavy atom. The highest BCUT2D eigenvalue weighted by atomic mass is 16.5. The summed E-state index contributed by atoms with van der Waals surface area (Å²) in [6.07, 6.45) is 4.17. The van der Waals surface area contributed by atoms with E-state index < -0.39 is 0 Å². The molecule has 0 fully saturated rings. The molecule has 25 heavy (non-hydrogen) atoms. The third kappa shape index (κ3) is 4.26. The fraction of sp³-hybridized carbons (Fsp3) is 0.200. The Morgan fingerprint density at radius 1 is 1.08 bits per heavy atom. The molecule has 3 aromatic rings. The standard InChI is InChI=1S/C20H21N3O2/c1-22(2)20(24)12-13-23-15-16(14-21-23)18-10-6-7-11-19(18)25-17-8-4-3-5-9-17/h3-11,14-15H,12-13H2,1-2H3. The Balaban J connectivity index is 1.77. The molecular weight excluding hydrogens is 314 g/mol. The Hall–Kier alpha value is -3.08. The zero-order valence-corrected chi connectivity index (χ0v) is 14.4. The molecule has 3 rings (SSSR count). The molecule has 0 aliphatic rings. The molecule has 5 heteroatoms. The number of carbonyl (C=O) groups excluding carboxylic acids is 1. The normalized spacial score (nSPS) is 10.5. The fourth-order valence-corrected chi connectivity index (χ4v) is 2.47. The monoisotopic (exact) mass is 335 g/mol. The molecule has 0 saturated carbocycles. The van der Waals surface area contributed by atoms with Crippen molar-refractivity contribution in [2.75, 3.05) is 14.1 Å². The highest BCUT2D eigenvalue weighted by Gasteiger charge is 2.10. The van der Waals surface area contributed by atoms with E-state index in [1.54, 1.807) is 29.9 Å². The summed E-state index contributed by atoms with van der Waals surface area (Å²) >= 11 is 0. The number of benzene rings is 2. The maximum absolute atomic E-state index is 11.7. The number of carbonyl (C=O) groups is 1. The molecule has 1 heterocycles. The van der Waals surface area contributed by atoms with Gasteiger partial charge in [-0.15, -0.1) is 0 Å². The van der Waals surface area contributed by atoms with Crippen LogP contribution in [0.4, 0.5) is 0 Å². The van der Waals surface area contributed by atoms with E-state index in [0.29, 0.717) is 13.0 Å². The van der Waals surface area contributed by atoms with Crippen molar-refractivity contribution in [3.8, 4) is 22.6 Å². The zero-order chi connectivity index (χ0) is 17.6. The third-order valence-corrected chi connectivity index (χ3v) is 3.86. The molecule has 1 amide bonds. The molecule has 0 unspecified atom stereocenters. The van der Waals surface area contributed by atoms with Crippen molar-refractivity contribution in [1.82, 2.24) is 14.7 Å². The number of hydrogen-bond donors (Lipinski definition) is 0. The maximum Gasteiger partial charge on any atom is 0.223 e. The molecule has 2 aromatic carbocycles. The molecule has 0 bridgehead atoms. The van der Waals surface area contributed by atoms with Gasteiger partial charge in [-0.2, -0.15) is 5.10 Å². The van der Waals surface area contributed by atoms with Gasteiger partial charge >= 0.3 is 0 Å². The highest BCUT2D eigenvalue weighted by Crippen LogP contribution is 2.32. The van der Waals surface area contributed by atoms with Crippen LogP contribution in [0.5, 0.6) is 11.5 Å². The molecule has 5 nitrogen and oxygen atoms in total. The quantitative estimate of drug-likeness (QED) is 0.688. The number of amides is 1. The molecule has 1 aromatic heterocycles. The van der Waals surface area contributed by atoms with Crippen molar-refractivity contribution >= 4 is 5.91 Å². The first-order chi connectivity index (χ1) is 12.1. The van der Waals surface area contributed by atoms with Gasteiger partial charge in [0.2, 0.25) is 5.91 Å². The number of ether oxygens (including phenoxy) is 1. The summed E-state index contributed by atoms with van der Waals surface area (Å²) in [7, 11) is 3.52. The van der Waals surface area contributed by atoms with E-state index in [4.69, 9.17) is 4.74 Å². The number of rotatable bonds is 6. The number of para-hydroxylation sites is 2. The predicted octanol–water partition coefficient (Wildman–Crippen LogP) is 3.82. The van der Waals surface area contributed by atoms with Gasteiger partial charge in [0.25, 0.3) is 0 Å². The van der Waals surface area contributed by atoms with Gasteiger partial charge in [0.05, 0.1) is 6.20 Å². The van der Waals surface area contributed by atoms with Crippen molar-refractivity contribution in [2.24, 2.45) is 0 Å². The summed E-state index contributed by atoms with van der Waals surface area (Å²) in [6, 6.07) is 17.6. The summed E-state index contributed by atoms with van der Waals surface area (Å²) in [5.41, 5.74) is 1.93. The van der Waals surface area contributed by atoms with Gasteiger partial charge in [-0.1, -0.05) is 36.4 Å². The fourth-order valence-electron chi connectivity index (χ4n) is 2.47. The van der Waals surface area contributed by atoms with Crippen LogP contribution in [0.15, 0.2) is 67.0 Å². The molecule has 0 saturated heterocycles. The minimum Gasteiger partial charge on any atom is -0.457 e. The van der Waals surface area contributed by atoms with E-state index in [0.717, 1.165) is 22.6 Å². The zero-order valence-electron chi connectivity index (χ0n) is 14.4. The van der Waals surface area contributed by atoms with Crippen molar-refractivity contribution in [3.05, 3.63) is 67.0 Å². The second-order valence-corrected chi connectivity index (χ2v) is 5.94. The summed E-state index contributed by atoms with van der Waals surface area (Å²) < 4.78 is 7.79. The molecule has 0 atom stereocenters. The number of aryl methyl sites for hydroxylation is 1. The van der Waals surface area contributed by atoms with Gasteiger partial charge in [0.15, 0.2) is 0 Å². The first-order valence-electron chi connectivity index (χ1n) is 8.18. The van der Waals surface area contributed by atoms with Crippen LogP contribution in [0.1, 0.15) is 6.42 Å². The van der Waals surface area contributed by atoms with Crippen LogP contribution in [0.3, 0.4) is 0 Å². The second kappa shape index (κ2) is 7.66. The van der Waals surface area contributed by atoms with Gasteiger partial charge < -0.3 is 9.64 Å². The van der Waals surface area contributed by atoms with Crippen LogP contribution < -0.4 is 4.74 Å². The minimum absolute atomic E-state index is 0.0878. The van der Waals surface area contributed by atoms with Crippen LogP contribution in [0, 0.1) is 0 Å². The lowest BCUT2D eigenvalue weighted by Crippen LogP contribution is -2.22. The van der Waals surface area contributed by atoms with E-state index in [9.17, 15) is 4.79 Å². The second-order valence-electron chi connectivity index (χ2n) is 5.94. The van der Waals surface area contributed by atoms with Crippen LogP contribution in [-0.4, -0.2) is 34.7 Å². The molecular formula is C20H21N3O2. The van der Waals surface area contributed by atoms with E-state index in [1.807, 2.05) is 60.8 Å². The van der Waals surface area contributed by atoms with Gasteiger partial charge in [-0.3, -0.25) is 9.48 Å². The van der Waals surface area contributed by atoms with E-state index in [1.165, 1.54) is 0 Å². The summed E-state index contributed by atoms with van der Waals surface area (Å²) in [5, 5.41) is 4.36. The molecule has 128 valence electrons. The first kappa shape index (κ1) is 16.8. The van der Waals surface area contributed by atoms with Crippen molar-refractivity contribution in [3.63, 3.8) is 0 Å². The minimum atomic E-state index is 0.0878. The SMILES string of the molecule is CN(C)C(=O)CCn1cc(-c2ccccc2Oc2ccccc2)cn1.